The summed E-state index contributed by atoms with van der Waals surface area (Å²) in [5.41, 5.74) is -0.513. The van der Waals surface area contributed by atoms with Crippen molar-refractivity contribution < 1.29 is 64.7 Å². The second-order valence-corrected chi connectivity index (χ2v) is 12.3. The first-order valence-corrected chi connectivity index (χ1v) is 16.6. The molecule has 0 spiro atoms. The molecule has 1 aromatic heterocycles. The summed E-state index contributed by atoms with van der Waals surface area (Å²) >= 11 is 0. The van der Waals surface area contributed by atoms with Crippen LogP contribution in [-0.4, -0.2) is 85.5 Å². The molecule has 4 aromatic rings. The predicted octanol–water partition coefficient (Wildman–Crippen LogP) is 5.59. The minimum Gasteiger partial charge on any atom is -0.497 e. The number of amides is 1. The monoisotopic (exact) mass is 781 g/mol. The molecule has 1 aliphatic heterocycles. The van der Waals surface area contributed by atoms with Gasteiger partial charge in [-0.2, -0.15) is 31.3 Å². The highest BCUT2D eigenvalue weighted by Gasteiger charge is 2.57. The minimum atomic E-state index is -5.66. The van der Waals surface area contributed by atoms with Crippen LogP contribution in [0.25, 0.3) is 0 Å². The molecule has 1 aliphatic rings. The van der Waals surface area contributed by atoms with Gasteiger partial charge in [0, 0.05) is 13.1 Å². The van der Waals surface area contributed by atoms with Gasteiger partial charge in [-0.15, -0.1) is 0 Å². The van der Waals surface area contributed by atoms with Crippen molar-refractivity contribution in [3.63, 3.8) is 0 Å². The number of hydrogen-bond acceptors (Lipinski definition) is 10. The Morgan fingerprint density at radius 3 is 1.91 bits per heavy atom. The number of ether oxygens (including phenoxy) is 6. The lowest BCUT2D eigenvalue weighted by molar-refractivity contribution is -0.299. The Labute approximate surface area is 310 Å². The van der Waals surface area contributed by atoms with Crippen LogP contribution < -0.4 is 20.5 Å². The molecule has 12 nitrogen and oxygen atoms in total. The Bertz CT molecular complexity index is 1870. The first kappa shape index (κ1) is 41.2. The molecule has 5 rings (SSSR count). The number of rotatable bonds is 15. The zero-order valence-corrected chi connectivity index (χ0v) is 29.5. The smallest absolute Gasteiger partial charge is 0.402 e. The lowest BCUT2D eigenvalue weighted by atomic mass is 9.80. The van der Waals surface area contributed by atoms with Crippen LogP contribution in [0.1, 0.15) is 29.8 Å². The number of carbonyl (C=O) groups excluding carboxylic acids is 1. The maximum Gasteiger partial charge on any atom is 0.402 e. The van der Waals surface area contributed by atoms with Gasteiger partial charge in [-0.05, 0) is 47.0 Å². The van der Waals surface area contributed by atoms with E-state index in [2.05, 4.69) is 15.0 Å². The molecule has 1 saturated heterocycles. The van der Waals surface area contributed by atoms with Gasteiger partial charge < -0.3 is 38.8 Å². The van der Waals surface area contributed by atoms with Gasteiger partial charge >= 0.3 is 18.0 Å². The van der Waals surface area contributed by atoms with Crippen molar-refractivity contribution in [3.8, 4) is 11.5 Å². The summed E-state index contributed by atoms with van der Waals surface area (Å²) in [6.07, 6.45) is -16.3. The Hall–Kier alpha value is -5.01. The predicted molar refractivity (Wildman–Crippen MR) is 182 cm³/mol. The van der Waals surface area contributed by atoms with Crippen LogP contribution in [0.2, 0.25) is 0 Å². The Morgan fingerprint density at radius 2 is 1.42 bits per heavy atom. The third-order valence-corrected chi connectivity index (χ3v) is 8.78. The number of aliphatic hydroxyl groups excluding tert-OH is 1. The summed E-state index contributed by atoms with van der Waals surface area (Å²) in [7, 11) is 3.02. The van der Waals surface area contributed by atoms with Gasteiger partial charge in [0.05, 0.1) is 27.4 Å². The highest BCUT2D eigenvalue weighted by molar-refractivity contribution is 5.87. The number of carbonyl (C=O) groups is 1. The number of hydrogen-bond donors (Lipinski definition) is 2. The zero-order valence-electron chi connectivity index (χ0n) is 29.5. The number of nitrogens with zero attached hydrogens (tertiary/aromatic N) is 2. The molecule has 55 heavy (non-hydrogen) atoms. The Balaban J connectivity index is 1.50. The van der Waals surface area contributed by atoms with Crippen molar-refractivity contribution in [1.29, 1.82) is 0 Å². The van der Waals surface area contributed by atoms with Gasteiger partial charge in [-0.25, -0.2) is 4.79 Å². The van der Waals surface area contributed by atoms with E-state index >= 15 is 0 Å². The molecule has 0 saturated carbocycles. The lowest BCUT2D eigenvalue weighted by Gasteiger charge is -2.37. The quantitative estimate of drug-likeness (QED) is 0.0680. The molecular weight excluding hydrogens is 744 g/mol. The SMILES string of the molecule is COc1ccc(C(OC[C@H]2O[C@@H](n3ccc(NC(C)=O)nc3=O)C(OCOCC(C(F)(F)F)C(F)(F)F)C2O)(c2ccccc2)c2ccc(OC)cc2)cc1. The van der Waals surface area contributed by atoms with Crippen LogP contribution in [0.4, 0.5) is 32.2 Å². The first-order valence-electron chi connectivity index (χ1n) is 16.6. The summed E-state index contributed by atoms with van der Waals surface area (Å²) < 4.78 is 113. The molecular formula is C37H37F6N3O9. The van der Waals surface area contributed by atoms with E-state index in [9.17, 15) is 41.0 Å². The van der Waals surface area contributed by atoms with Gasteiger partial charge in [0.15, 0.2) is 12.1 Å². The molecule has 3 aromatic carbocycles. The van der Waals surface area contributed by atoms with E-state index in [0.717, 1.165) is 10.8 Å². The number of aromatic nitrogens is 2. The number of aliphatic hydroxyl groups is 1. The van der Waals surface area contributed by atoms with Gasteiger partial charge in [-0.1, -0.05) is 54.6 Å². The number of nitrogens with one attached hydrogen (secondary N) is 1. The fraction of sp³-hybridized carbons (Fsp3) is 0.378. The van der Waals surface area contributed by atoms with Crippen LogP contribution in [-0.2, 0) is 29.3 Å². The Morgan fingerprint density at radius 1 is 0.873 bits per heavy atom. The van der Waals surface area contributed by atoms with E-state index in [1.54, 1.807) is 60.7 Å². The van der Waals surface area contributed by atoms with E-state index in [-0.39, 0.29) is 5.82 Å². The van der Waals surface area contributed by atoms with E-state index in [0.29, 0.717) is 28.2 Å². The second-order valence-electron chi connectivity index (χ2n) is 12.3. The highest BCUT2D eigenvalue weighted by Crippen LogP contribution is 2.43. The average Bonchev–Trinajstić information content (AvgIpc) is 3.45. The van der Waals surface area contributed by atoms with Crippen LogP contribution in [0.5, 0.6) is 11.5 Å². The third-order valence-electron chi connectivity index (χ3n) is 8.78. The molecule has 1 amide bonds. The molecule has 0 aliphatic carbocycles. The average molecular weight is 782 g/mol. The van der Waals surface area contributed by atoms with Gasteiger partial charge in [0.25, 0.3) is 0 Å². The molecule has 0 radical (unpaired) electrons. The van der Waals surface area contributed by atoms with Crippen molar-refractivity contribution in [2.75, 3.05) is 39.5 Å². The summed E-state index contributed by atoms with van der Waals surface area (Å²) in [6, 6.07) is 24.3. The maximum absolute atomic E-state index is 13.1. The van der Waals surface area contributed by atoms with Gasteiger partial charge in [0.2, 0.25) is 5.91 Å². The van der Waals surface area contributed by atoms with Crippen LogP contribution in [0.3, 0.4) is 0 Å². The summed E-state index contributed by atoms with van der Waals surface area (Å²) in [5.74, 6) is -3.34. The van der Waals surface area contributed by atoms with Crippen molar-refractivity contribution in [3.05, 3.63) is 118 Å². The van der Waals surface area contributed by atoms with Crippen LogP contribution in [0, 0.1) is 5.92 Å². The lowest BCUT2D eigenvalue weighted by Crippen LogP contribution is -2.42. The molecule has 18 heteroatoms. The molecule has 2 unspecified atom stereocenters. The van der Waals surface area contributed by atoms with Crippen molar-refractivity contribution >= 4 is 11.7 Å². The molecule has 2 heterocycles. The number of alkyl halides is 6. The van der Waals surface area contributed by atoms with Crippen molar-refractivity contribution in [2.45, 2.75) is 49.4 Å². The van der Waals surface area contributed by atoms with Crippen LogP contribution >= 0.6 is 0 Å². The van der Waals surface area contributed by atoms with E-state index in [4.69, 9.17) is 23.7 Å². The number of halogens is 6. The second kappa shape index (κ2) is 17.2. The zero-order chi connectivity index (χ0) is 40.0. The summed E-state index contributed by atoms with van der Waals surface area (Å²) in [6.45, 7) is -2.21. The Kier molecular flexibility index (Phi) is 12.9. The molecule has 4 atom stereocenters. The maximum atomic E-state index is 13.1. The van der Waals surface area contributed by atoms with Gasteiger partial charge in [-0.3, -0.25) is 9.36 Å². The molecule has 2 N–H and O–H groups in total. The molecule has 1 fully saturated rings. The standard InChI is InChI=1S/C37H37F6N3O9/c1-22(47)44-30-17-18-46(34(49)45-30)33-32(53-21-52-20-29(36(38,39)40)37(41,42)43)31(48)28(55-33)19-54-35(23-7-5-4-6-8-23,24-9-13-26(50-2)14-10-24)25-11-15-27(51-3)16-12-25/h4-18,28-29,31-33,48H,19-21H2,1-3H3,(H,44,45,47,49)/t28-,31?,32?,33-/m1/s1. The fourth-order valence-electron chi connectivity index (χ4n) is 6.06. The normalized spacial score (nSPS) is 19.0. The topological polar surface area (TPSA) is 140 Å². The van der Waals surface area contributed by atoms with Gasteiger partial charge in [0.1, 0.15) is 48.0 Å². The number of methoxy groups -OCH3 is 2. The number of anilines is 1. The van der Waals surface area contributed by atoms with E-state index in [1.165, 1.54) is 27.2 Å². The third kappa shape index (κ3) is 9.45. The van der Waals surface area contributed by atoms with E-state index < -0.39 is 80.0 Å². The van der Waals surface area contributed by atoms with Crippen molar-refractivity contribution in [2.24, 2.45) is 5.92 Å². The highest BCUT2D eigenvalue weighted by atomic mass is 19.4. The largest absolute Gasteiger partial charge is 0.497 e. The van der Waals surface area contributed by atoms with E-state index in [1.807, 2.05) is 18.2 Å². The van der Waals surface area contributed by atoms with Crippen LogP contribution in [0.15, 0.2) is 95.9 Å². The fourth-order valence-corrected chi connectivity index (χ4v) is 6.06. The summed E-state index contributed by atoms with van der Waals surface area (Å²) in [5, 5.41) is 13.9. The van der Waals surface area contributed by atoms with Crippen molar-refractivity contribution in [1.82, 2.24) is 9.55 Å². The number of benzene rings is 3. The molecule has 296 valence electrons. The minimum absolute atomic E-state index is 0.120. The molecule has 0 bridgehead atoms. The summed E-state index contributed by atoms with van der Waals surface area (Å²) in [4.78, 5) is 28.4. The first-order chi connectivity index (χ1) is 26.1.